The largest absolute Gasteiger partial charge is 0.388 e. The fraction of sp³-hybridized carbons (Fsp3) is 0.182. The molecule has 3 rings (SSSR count). The van der Waals surface area contributed by atoms with Gasteiger partial charge in [0.25, 0.3) is 5.69 Å². The van der Waals surface area contributed by atoms with Crippen molar-refractivity contribution in [3.8, 4) is 0 Å². The Labute approximate surface area is 158 Å². The first-order valence-electron chi connectivity index (χ1n) is 8.83. The maximum Gasteiger partial charge on any atom is 0.271 e. The van der Waals surface area contributed by atoms with Crippen molar-refractivity contribution in [3.63, 3.8) is 0 Å². The molecule has 2 unspecified atom stereocenters. The van der Waals surface area contributed by atoms with E-state index >= 15 is 0 Å². The number of nitrogens with one attached hydrogen (secondary N) is 1. The second-order valence-electron chi connectivity index (χ2n) is 6.58. The topological polar surface area (TPSA) is 75.4 Å². The van der Waals surface area contributed by atoms with Gasteiger partial charge in [-0.2, -0.15) is 0 Å². The van der Waals surface area contributed by atoms with Crippen LogP contribution >= 0.6 is 0 Å². The van der Waals surface area contributed by atoms with Crippen LogP contribution in [-0.2, 0) is 0 Å². The van der Waals surface area contributed by atoms with Crippen LogP contribution in [0.5, 0.6) is 0 Å². The quantitative estimate of drug-likeness (QED) is 0.448. The molecular weight excluding hydrogens is 340 g/mol. The Kier molecular flexibility index (Phi) is 5.84. The van der Waals surface area contributed by atoms with Gasteiger partial charge in [0.05, 0.1) is 17.1 Å². The zero-order chi connectivity index (χ0) is 19.2. The van der Waals surface area contributed by atoms with E-state index in [9.17, 15) is 15.2 Å². The number of nitro benzene ring substituents is 1. The van der Waals surface area contributed by atoms with Gasteiger partial charge in [0, 0.05) is 24.2 Å². The smallest absolute Gasteiger partial charge is 0.271 e. The van der Waals surface area contributed by atoms with Gasteiger partial charge < -0.3 is 10.4 Å². The van der Waals surface area contributed by atoms with Crippen LogP contribution in [0.3, 0.4) is 0 Å². The van der Waals surface area contributed by atoms with Gasteiger partial charge >= 0.3 is 0 Å². The first-order valence-corrected chi connectivity index (χ1v) is 8.83. The molecule has 0 heterocycles. The number of rotatable bonds is 7. The van der Waals surface area contributed by atoms with Crippen molar-refractivity contribution < 1.29 is 10.0 Å². The molecule has 0 aliphatic heterocycles. The van der Waals surface area contributed by atoms with Crippen LogP contribution in [0.25, 0.3) is 0 Å². The normalized spacial score (nSPS) is 13.0. The molecule has 0 amide bonds. The maximum absolute atomic E-state index is 11.0. The van der Waals surface area contributed by atoms with Gasteiger partial charge in [-0.05, 0) is 24.1 Å². The molecular formula is C22H22N2O3. The lowest BCUT2D eigenvalue weighted by Crippen LogP contribution is -2.15. The van der Waals surface area contributed by atoms with Gasteiger partial charge in [-0.1, -0.05) is 66.2 Å². The van der Waals surface area contributed by atoms with Crippen LogP contribution in [0, 0.1) is 17.0 Å². The molecule has 0 aromatic heterocycles. The van der Waals surface area contributed by atoms with E-state index < -0.39 is 11.0 Å². The highest BCUT2D eigenvalue weighted by molar-refractivity contribution is 5.52. The Morgan fingerprint density at radius 3 is 2.33 bits per heavy atom. The summed E-state index contributed by atoms with van der Waals surface area (Å²) in [4.78, 5) is 10.6. The lowest BCUT2D eigenvalue weighted by Gasteiger charge is -2.23. The summed E-state index contributed by atoms with van der Waals surface area (Å²) >= 11 is 0. The number of benzene rings is 3. The molecule has 0 fully saturated rings. The van der Waals surface area contributed by atoms with Crippen molar-refractivity contribution in [1.82, 2.24) is 0 Å². The molecule has 0 saturated heterocycles. The van der Waals surface area contributed by atoms with Crippen molar-refractivity contribution in [3.05, 3.63) is 106 Å². The minimum absolute atomic E-state index is 0.0332. The van der Waals surface area contributed by atoms with E-state index in [1.807, 2.05) is 61.5 Å². The maximum atomic E-state index is 11.0. The Balaban J connectivity index is 1.84. The van der Waals surface area contributed by atoms with Gasteiger partial charge in [0.1, 0.15) is 0 Å². The molecule has 0 spiro atoms. The minimum Gasteiger partial charge on any atom is -0.388 e. The summed E-state index contributed by atoms with van der Waals surface area (Å²) < 4.78 is 0. The Morgan fingerprint density at radius 2 is 1.67 bits per heavy atom. The third-order valence-corrected chi connectivity index (χ3v) is 4.52. The highest BCUT2D eigenvalue weighted by Gasteiger charge is 2.18. The molecule has 0 aliphatic rings. The molecule has 3 aromatic carbocycles. The van der Waals surface area contributed by atoms with Gasteiger partial charge in [-0.3, -0.25) is 10.1 Å². The zero-order valence-electron chi connectivity index (χ0n) is 15.1. The summed E-state index contributed by atoms with van der Waals surface area (Å²) in [5.74, 6) is 0. The molecule has 2 atom stereocenters. The van der Waals surface area contributed by atoms with Crippen LogP contribution in [0.2, 0.25) is 0 Å². The summed E-state index contributed by atoms with van der Waals surface area (Å²) in [6.07, 6.45) is -0.211. The van der Waals surface area contributed by atoms with Crippen molar-refractivity contribution in [2.24, 2.45) is 0 Å². The van der Waals surface area contributed by atoms with Crippen LogP contribution < -0.4 is 5.32 Å². The summed E-state index contributed by atoms with van der Waals surface area (Å²) in [7, 11) is 0. The monoisotopic (exact) mass is 362 g/mol. The number of nitrogens with zero attached hydrogens (tertiary/aromatic N) is 1. The third-order valence-electron chi connectivity index (χ3n) is 4.52. The summed E-state index contributed by atoms with van der Waals surface area (Å²) in [5, 5.41) is 25.1. The third kappa shape index (κ3) is 4.92. The SMILES string of the molecule is Cc1ccc(C(O)CC(Nc2cccc([N+](=O)[O-])c2)c2ccccc2)cc1. The number of aliphatic hydroxyl groups excluding tert-OH is 1. The summed E-state index contributed by atoms with van der Waals surface area (Å²) in [6, 6.07) is 23.8. The molecule has 0 saturated carbocycles. The fourth-order valence-corrected chi connectivity index (χ4v) is 3.02. The second kappa shape index (κ2) is 8.47. The Morgan fingerprint density at radius 1 is 0.963 bits per heavy atom. The van der Waals surface area contributed by atoms with Crippen LogP contribution in [0.4, 0.5) is 11.4 Å². The van der Waals surface area contributed by atoms with Gasteiger partial charge in [0.15, 0.2) is 0 Å². The minimum atomic E-state index is -0.651. The van der Waals surface area contributed by atoms with Crippen molar-refractivity contribution in [2.45, 2.75) is 25.5 Å². The number of non-ortho nitro benzene ring substituents is 1. The van der Waals surface area contributed by atoms with Gasteiger partial charge in [-0.15, -0.1) is 0 Å². The molecule has 2 N–H and O–H groups in total. The molecule has 3 aromatic rings. The summed E-state index contributed by atoms with van der Waals surface area (Å²) in [6.45, 7) is 2.01. The molecule has 138 valence electrons. The number of hydrogen-bond acceptors (Lipinski definition) is 4. The Hall–Kier alpha value is -3.18. The van der Waals surface area contributed by atoms with E-state index in [0.29, 0.717) is 12.1 Å². The van der Waals surface area contributed by atoms with Crippen LogP contribution in [0.15, 0.2) is 78.9 Å². The van der Waals surface area contributed by atoms with E-state index in [0.717, 1.165) is 16.7 Å². The first-order chi connectivity index (χ1) is 13.0. The number of anilines is 1. The number of nitro groups is 1. The highest BCUT2D eigenvalue weighted by Crippen LogP contribution is 2.30. The standard InChI is InChI=1S/C22H22N2O3/c1-16-10-12-18(13-11-16)22(25)15-21(17-6-3-2-4-7-17)23-19-8-5-9-20(14-19)24(26)27/h2-14,21-23,25H,15H2,1H3. The van der Waals surface area contributed by atoms with Gasteiger partial charge in [-0.25, -0.2) is 0 Å². The first kappa shape index (κ1) is 18.6. The van der Waals surface area contributed by atoms with E-state index in [4.69, 9.17) is 0 Å². The number of aliphatic hydroxyl groups is 1. The zero-order valence-corrected chi connectivity index (χ0v) is 15.1. The predicted octanol–water partition coefficient (Wildman–Crippen LogP) is 5.18. The van der Waals surface area contributed by atoms with Gasteiger partial charge in [0.2, 0.25) is 0 Å². The van der Waals surface area contributed by atoms with E-state index in [1.165, 1.54) is 12.1 Å². The average Bonchev–Trinajstić information content (AvgIpc) is 2.69. The van der Waals surface area contributed by atoms with Crippen LogP contribution in [-0.4, -0.2) is 10.0 Å². The van der Waals surface area contributed by atoms with E-state index in [-0.39, 0.29) is 11.7 Å². The van der Waals surface area contributed by atoms with E-state index in [2.05, 4.69) is 5.32 Å². The van der Waals surface area contributed by atoms with E-state index in [1.54, 1.807) is 12.1 Å². The molecule has 0 radical (unpaired) electrons. The fourth-order valence-electron chi connectivity index (χ4n) is 3.02. The molecule has 27 heavy (non-hydrogen) atoms. The lowest BCUT2D eigenvalue weighted by atomic mass is 9.96. The lowest BCUT2D eigenvalue weighted by molar-refractivity contribution is -0.384. The second-order valence-corrected chi connectivity index (χ2v) is 6.58. The molecule has 0 bridgehead atoms. The van der Waals surface area contributed by atoms with Crippen molar-refractivity contribution >= 4 is 11.4 Å². The molecule has 0 aliphatic carbocycles. The highest BCUT2D eigenvalue weighted by atomic mass is 16.6. The van der Waals surface area contributed by atoms with Crippen LogP contribution in [0.1, 0.15) is 35.3 Å². The molecule has 5 heteroatoms. The Bertz CT molecular complexity index is 895. The number of hydrogen-bond donors (Lipinski definition) is 2. The summed E-state index contributed by atoms with van der Waals surface area (Å²) in [5.41, 5.74) is 3.68. The average molecular weight is 362 g/mol. The van der Waals surface area contributed by atoms with Crippen molar-refractivity contribution in [2.75, 3.05) is 5.32 Å². The molecule has 5 nitrogen and oxygen atoms in total. The predicted molar refractivity (Wildman–Crippen MR) is 107 cm³/mol. The number of aryl methyl sites for hydroxylation is 1. The van der Waals surface area contributed by atoms with Crippen molar-refractivity contribution in [1.29, 1.82) is 0 Å².